The van der Waals surface area contributed by atoms with Gasteiger partial charge in [-0.3, -0.25) is 0 Å². The third kappa shape index (κ3) is 1.26. The molecular weight excluding hydrogens is 223 g/mol. The van der Waals surface area contributed by atoms with E-state index < -0.39 is 0 Å². The fourth-order valence-electron chi connectivity index (χ4n) is 1.78. The summed E-state index contributed by atoms with van der Waals surface area (Å²) in [6, 6.07) is 0. The van der Waals surface area contributed by atoms with Gasteiger partial charge in [0.05, 0.1) is 0 Å². The molecule has 0 nitrogen and oxygen atoms in total. The van der Waals surface area contributed by atoms with Crippen molar-refractivity contribution < 1.29 is 0 Å². The Bertz CT molecular complexity index is 90.7. The van der Waals surface area contributed by atoms with E-state index in [1.807, 2.05) is 0 Å². The second kappa shape index (κ2) is 2.77. The fourth-order valence-corrected chi connectivity index (χ4v) is 7.83. The first-order valence-corrected chi connectivity index (χ1v) is 8.37. The Balaban J connectivity index is 1.82. The molecule has 1 aliphatic heterocycles. The van der Waals surface area contributed by atoms with E-state index in [1.165, 1.54) is 3.92 Å². The van der Waals surface area contributed by atoms with Crippen LogP contribution in [0.25, 0.3) is 0 Å². The van der Waals surface area contributed by atoms with Gasteiger partial charge in [0.15, 0.2) is 0 Å². The third-order valence-corrected chi connectivity index (χ3v) is 10.5. The van der Waals surface area contributed by atoms with E-state index in [9.17, 15) is 0 Å². The van der Waals surface area contributed by atoms with Crippen LogP contribution in [-0.4, -0.2) is 12.8 Å². The van der Waals surface area contributed by atoms with Crippen LogP contribution in [0.3, 0.4) is 0 Å². The Morgan fingerprint density at radius 1 is 0.889 bits per heavy atom. The maximum atomic E-state index is 1.72. The van der Waals surface area contributed by atoms with Crippen molar-refractivity contribution in [2.45, 2.75) is 36.0 Å². The molecule has 2 fully saturated rings. The molecule has 1 heteroatoms. The molecule has 0 aromatic carbocycles. The van der Waals surface area contributed by atoms with Crippen molar-refractivity contribution in [1.82, 2.24) is 0 Å². The zero-order valence-electron chi connectivity index (χ0n) is 5.91. The number of rotatable bonds is 1. The zero-order chi connectivity index (χ0) is 6.10. The summed E-state index contributed by atoms with van der Waals surface area (Å²) >= 11 is -0.210. The van der Waals surface area contributed by atoms with Crippen LogP contribution >= 0.6 is 19.8 Å². The van der Waals surface area contributed by atoms with Crippen LogP contribution in [-0.2, 0) is 0 Å². The van der Waals surface area contributed by atoms with Crippen LogP contribution < -0.4 is 0 Å². The van der Waals surface area contributed by atoms with Crippen molar-refractivity contribution in [2.75, 3.05) is 8.86 Å². The van der Waals surface area contributed by atoms with Gasteiger partial charge in [-0.25, -0.2) is 0 Å². The van der Waals surface area contributed by atoms with E-state index in [2.05, 4.69) is 0 Å². The minimum absolute atomic E-state index is 0.210. The summed E-state index contributed by atoms with van der Waals surface area (Å²) in [6.07, 6.45) is 7.99. The van der Waals surface area contributed by atoms with Gasteiger partial charge in [0, 0.05) is 0 Å². The molecule has 1 saturated carbocycles. The SMILES string of the molecule is C1CCC(I2CCC2)C1. The first kappa shape index (κ1) is 6.44. The molecule has 54 valence electrons. The Hall–Kier alpha value is 0.730. The molecule has 0 N–H and O–H groups in total. The molecule has 0 bridgehead atoms. The first-order chi connectivity index (χ1) is 4.47. The molecule has 1 heterocycles. The second-order valence-electron chi connectivity index (χ2n) is 3.11. The van der Waals surface area contributed by atoms with Crippen molar-refractivity contribution in [3.8, 4) is 0 Å². The van der Waals surface area contributed by atoms with E-state index in [1.54, 1.807) is 41.0 Å². The summed E-state index contributed by atoms with van der Waals surface area (Å²) in [5, 5.41) is 0. The summed E-state index contributed by atoms with van der Waals surface area (Å²) in [7, 11) is 0. The molecule has 1 saturated heterocycles. The molecule has 0 atom stereocenters. The molecule has 1 aliphatic carbocycles. The van der Waals surface area contributed by atoms with E-state index in [0.29, 0.717) is 0 Å². The van der Waals surface area contributed by atoms with E-state index in [4.69, 9.17) is 0 Å². The average molecular weight is 238 g/mol. The topological polar surface area (TPSA) is 0 Å². The molecule has 2 aliphatic rings. The minimum atomic E-state index is -0.210. The van der Waals surface area contributed by atoms with Gasteiger partial charge in [-0.15, -0.1) is 0 Å². The van der Waals surface area contributed by atoms with Crippen molar-refractivity contribution >= 4 is 19.8 Å². The van der Waals surface area contributed by atoms with Gasteiger partial charge in [-0.2, -0.15) is 0 Å². The van der Waals surface area contributed by atoms with Crippen molar-refractivity contribution in [1.29, 1.82) is 0 Å². The molecular formula is C8H15I. The summed E-state index contributed by atoms with van der Waals surface area (Å²) in [5.74, 6) is 0. The Kier molecular flexibility index (Phi) is 1.98. The molecule has 0 radical (unpaired) electrons. The Labute approximate surface area is 64.8 Å². The monoisotopic (exact) mass is 238 g/mol. The molecule has 9 heavy (non-hydrogen) atoms. The van der Waals surface area contributed by atoms with Crippen LogP contribution in [0.5, 0.6) is 0 Å². The quantitative estimate of drug-likeness (QED) is 0.486. The number of hydrogen-bond acceptors (Lipinski definition) is 0. The summed E-state index contributed by atoms with van der Waals surface area (Å²) in [4.78, 5) is 0. The Morgan fingerprint density at radius 2 is 1.56 bits per heavy atom. The van der Waals surface area contributed by atoms with Gasteiger partial charge in [0.25, 0.3) is 0 Å². The Morgan fingerprint density at radius 3 is 2.00 bits per heavy atom. The fraction of sp³-hybridized carbons (Fsp3) is 1.00. The molecule has 0 aromatic heterocycles. The van der Waals surface area contributed by atoms with Crippen molar-refractivity contribution in [2.24, 2.45) is 0 Å². The van der Waals surface area contributed by atoms with Crippen LogP contribution in [0.2, 0.25) is 0 Å². The summed E-state index contributed by atoms with van der Waals surface area (Å²) < 4.78 is 4.76. The summed E-state index contributed by atoms with van der Waals surface area (Å²) in [5.41, 5.74) is 0. The molecule has 0 unspecified atom stereocenters. The molecule has 0 spiro atoms. The summed E-state index contributed by atoms with van der Waals surface area (Å²) in [6.45, 7) is 0. The predicted molar refractivity (Wildman–Crippen MR) is 50.6 cm³/mol. The van der Waals surface area contributed by atoms with Gasteiger partial charge in [-0.1, -0.05) is 0 Å². The standard InChI is InChI=1S/C8H15I/c1-2-5-8(4-1)9-6-3-7-9/h8H,1-7H2. The van der Waals surface area contributed by atoms with Crippen LogP contribution in [0.15, 0.2) is 0 Å². The van der Waals surface area contributed by atoms with Gasteiger partial charge >= 0.3 is 64.7 Å². The van der Waals surface area contributed by atoms with Crippen LogP contribution in [0, 0.1) is 0 Å². The van der Waals surface area contributed by atoms with Crippen LogP contribution in [0.1, 0.15) is 32.1 Å². The predicted octanol–water partition coefficient (Wildman–Crippen LogP) is 2.84. The molecule has 2 rings (SSSR count). The zero-order valence-corrected chi connectivity index (χ0v) is 8.06. The number of halogens is 1. The average Bonchev–Trinajstić information content (AvgIpc) is 2.11. The second-order valence-corrected chi connectivity index (χ2v) is 9.87. The maximum absolute atomic E-state index is 1.72. The number of alkyl halides is 3. The van der Waals surface area contributed by atoms with Crippen LogP contribution in [0.4, 0.5) is 0 Å². The van der Waals surface area contributed by atoms with Gasteiger partial charge in [-0.05, 0) is 0 Å². The van der Waals surface area contributed by atoms with E-state index >= 15 is 0 Å². The van der Waals surface area contributed by atoms with Crippen molar-refractivity contribution in [3.63, 3.8) is 0 Å². The number of hydrogen-bond donors (Lipinski definition) is 0. The van der Waals surface area contributed by atoms with Gasteiger partial charge < -0.3 is 0 Å². The van der Waals surface area contributed by atoms with Crippen molar-refractivity contribution in [3.05, 3.63) is 0 Å². The third-order valence-electron chi connectivity index (χ3n) is 2.47. The normalized spacial score (nSPS) is 32.7. The molecule has 0 aromatic rings. The van der Waals surface area contributed by atoms with Gasteiger partial charge in [0.1, 0.15) is 0 Å². The van der Waals surface area contributed by atoms with Gasteiger partial charge in [0.2, 0.25) is 0 Å². The molecule has 0 amide bonds. The van der Waals surface area contributed by atoms with E-state index in [0.717, 1.165) is 0 Å². The first-order valence-electron chi connectivity index (χ1n) is 4.07. The van der Waals surface area contributed by atoms with E-state index in [-0.39, 0.29) is 19.8 Å².